The fourth-order valence-corrected chi connectivity index (χ4v) is 5.55. The zero-order valence-corrected chi connectivity index (χ0v) is 17.4. The number of aliphatic hydroxyl groups is 1. The molecule has 4 nitrogen and oxygen atoms in total. The number of fused-ring (bicyclic) bond motifs is 1. The second-order valence-electron chi connectivity index (χ2n) is 8.88. The molecule has 0 radical (unpaired) electrons. The molecule has 3 aromatic rings. The number of para-hydroxylation sites is 1. The van der Waals surface area contributed by atoms with Crippen LogP contribution in [0, 0.1) is 5.92 Å². The number of carbonyl (C=O) groups excluding carboxylic acids is 1. The highest BCUT2D eigenvalue weighted by molar-refractivity contribution is 5.99. The molecular formula is C26H30N2O2. The number of nitrogens with zero attached hydrogens (tertiary/aromatic N) is 2. The van der Waals surface area contributed by atoms with E-state index < -0.39 is 0 Å². The summed E-state index contributed by atoms with van der Waals surface area (Å²) in [6.45, 7) is 1.47. The lowest BCUT2D eigenvalue weighted by Crippen LogP contribution is -2.45. The number of aliphatic hydroxyl groups excluding tert-OH is 1. The van der Waals surface area contributed by atoms with E-state index in [4.69, 9.17) is 0 Å². The van der Waals surface area contributed by atoms with Gasteiger partial charge in [0.05, 0.1) is 6.10 Å². The Morgan fingerprint density at radius 1 is 0.933 bits per heavy atom. The van der Waals surface area contributed by atoms with Crippen molar-refractivity contribution in [3.05, 3.63) is 71.9 Å². The van der Waals surface area contributed by atoms with E-state index >= 15 is 0 Å². The molecule has 1 aliphatic heterocycles. The molecule has 2 aliphatic rings. The first-order valence-corrected chi connectivity index (χ1v) is 11.3. The van der Waals surface area contributed by atoms with E-state index in [0.717, 1.165) is 61.7 Å². The predicted molar refractivity (Wildman–Crippen MR) is 120 cm³/mol. The van der Waals surface area contributed by atoms with Crippen LogP contribution in [0.2, 0.25) is 0 Å². The van der Waals surface area contributed by atoms with E-state index in [9.17, 15) is 9.90 Å². The molecular weight excluding hydrogens is 372 g/mol. The first-order chi connectivity index (χ1) is 14.7. The van der Waals surface area contributed by atoms with Crippen molar-refractivity contribution in [2.45, 2.75) is 57.2 Å². The van der Waals surface area contributed by atoms with Gasteiger partial charge in [-0.05, 0) is 43.4 Å². The number of hydrogen-bond acceptors (Lipinski definition) is 2. The van der Waals surface area contributed by atoms with Crippen molar-refractivity contribution in [3.63, 3.8) is 0 Å². The lowest BCUT2D eigenvalue weighted by atomic mass is 9.80. The van der Waals surface area contributed by atoms with Crippen molar-refractivity contribution >= 4 is 16.8 Å². The van der Waals surface area contributed by atoms with Gasteiger partial charge in [-0.25, -0.2) is 0 Å². The zero-order chi connectivity index (χ0) is 20.5. The second-order valence-corrected chi connectivity index (χ2v) is 8.88. The highest BCUT2D eigenvalue weighted by Crippen LogP contribution is 2.36. The van der Waals surface area contributed by atoms with E-state index in [1.54, 1.807) is 0 Å². The molecule has 3 atom stereocenters. The summed E-state index contributed by atoms with van der Waals surface area (Å²) in [4.78, 5) is 15.9. The molecule has 0 bridgehead atoms. The van der Waals surface area contributed by atoms with E-state index in [0.29, 0.717) is 6.54 Å². The van der Waals surface area contributed by atoms with Crippen LogP contribution in [0.5, 0.6) is 0 Å². The first-order valence-electron chi connectivity index (χ1n) is 11.3. The molecule has 1 aromatic heterocycles. The van der Waals surface area contributed by atoms with Gasteiger partial charge in [-0.1, -0.05) is 61.4 Å². The number of benzene rings is 2. The molecule has 2 fully saturated rings. The summed E-state index contributed by atoms with van der Waals surface area (Å²) in [6, 6.07) is 20.8. The Morgan fingerprint density at radius 2 is 1.70 bits per heavy atom. The van der Waals surface area contributed by atoms with Gasteiger partial charge in [-0.3, -0.25) is 4.79 Å². The van der Waals surface area contributed by atoms with Gasteiger partial charge >= 0.3 is 0 Å². The fraction of sp³-hybridized carbons (Fsp3) is 0.423. The van der Waals surface area contributed by atoms with Crippen LogP contribution in [-0.4, -0.2) is 39.2 Å². The van der Waals surface area contributed by atoms with E-state index in [2.05, 4.69) is 33.7 Å². The minimum atomic E-state index is -0.271. The van der Waals surface area contributed by atoms with Gasteiger partial charge in [-0.2, -0.15) is 0 Å². The third-order valence-electron chi connectivity index (χ3n) is 7.05. The van der Waals surface area contributed by atoms with Crippen LogP contribution < -0.4 is 0 Å². The SMILES string of the molecule is O=C(c1cc2ccccc2n1Cc1ccccc1)N1CCC[C@@H]1[C@H]1CCCC[C@H]1O. The standard InChI is InChI=1S/C26H30N2O2/c29-25-15-7-5-12-21(25)23-14-8-16-27(23)26(30)24-17-20-11-4-6-13-22(20)28(24)18-19-9-2-1-3-10-19/h1-4,6,9-11,13,17,21,23,25,29H,5,7-8,12,14-16,18H2/t21-,23-,25-/m1/s1. The Kier molecular flexibility index (Phi) is 5.34. The Labute approximate surface area is 178 Å². The summed E-state index contributed by atoms with van der Waals surface area (Å²) in [5, 5.41) is 11.7. The number of likely N-dealkylation sites (tertiary alicyclic amines) is 1. The third kappa shape index (κ3) is 3.54. The van der Waals surface area contributed by atoms with Crippen molar-refractivity contribution in [3.8, 4) is 0 Å². The number of aromatic nitrogens is 1. The summed E-state index contributed by atoms with van der Waals surface area (Å²) >= 11 is 0. The van der Waals surface area contributed by atoms with Crippen LogP contribution in [0.4, 0.5) is 0 Å². The highest BCUT2D eigenvalue weighted by Gasteiger charge is 2.40. The van der Waals surface area contributed by atoms with Crippen LogP contribution in [-0.2, 0) is 6.54 Å². The van der Waals surface area contributed by atoms with E-state index in [1.165, 1.54) is 5.56 Å². The van der Waals surface area contributed by atoms with Crippen LogP contribution in [0.1, 0.15) is 54.6 Å². The summed E-state index contributed by atoms with van der Waals surface area (Å²) in [6.07, 6.45) is 5.93. The molecule has 30 heavy (non-hydrogen) atoms. The third-order valence-corrected chi connectivity index (χ3v) is 7.05. The molecule has 2 aromatic carbocycles. The Morgan fingerprint density at radius 3 is 2.53 bits per heavy atom. The number of carbonyl (C=O) groups is 1. The van der Waals surface area contributed by atoms with E-state index in [1.807, 2.05) is 36.4 Å². The van der Waals surface area contributed by atoms with Gasteiger partial charge in [0.25, 0.3) is 5.91 Å². The molecule has 2 heterocycles. The molecule has 156 valence electrons. The summed E-state index contributed by atoms with van der Waals surface area (Å²) in [5.41, 5.74) is 3.05. The molecule has 0 spiro atoms. The minimum Gasteiger partial charge on any atom is -0.393 e. The van der Waals surface area contributed by atoms with Gasteiger partial charge in [0.1, 0.15) is 5.69 Å². The first kappa shape index (κ1) is 19.4. The number of hydrogen-bond donors (Lipinski definition) is 1. The maximum Gasteiger partial charge on any atom is 0.270 e. The number of rotatable bonds is 4. The monoisotopic (exact) mass is 402 g/mol. The average molecular weight is 403 g/mol. The average Bonchev–Trinajstić information content (AvgIpc) is 3.40. The largest absolute Gasteiger partial charge is 0.393 e. The van der Waals surface area contributed by atoms with Gasteiger partial charge in [0, 0.05) is 36.0 Å². The maximum absolute atomic E-state index is 13.8. The van der Waals surface area contributed by atoms with Crippen molar-refractivity contribution in [1.82, 2.24) is 9.47 Å². The molecule has 1 amide bonds. The number of amides is 1. The van der Waals surface area contributed by atoms with Crippen LogP contribution >= 0.6 is 0 Å². The molecule has 4 heteroatoms. The van der Waals surface area contributed by atoms with E-state index in [-0.39, 0.29) is 24.0 Å². The molecule has 1 N–H and O–H groups in total. The maximum atomic E-state index is 13.8. The highest BCUT2D eigenvalue weighted by atomic mass is 16.3. The summed E-state index contributed by atoms with van der Waals surface area (Å²) < 4.78 is 2.17. The topological polar surface area (TPSA) is 45.5 Å². The van der Waals surface area contributed by atoms with Gasteiger partial charge in [-0.15, -0.1) is 0 Å². The van der Waals surface area contributed by atoms with Gasteiger partial charge in [0.15, 0.2) is 0 Å². The normalized spacial score (nSPS) is 24.4. The lowest BCUT2D eigenvalue weighted by molar-refractivity contribution is 0.0208. The molecule has 1 saturated carbocycles. The summed E-state index contributed by atoms with van der Waals surface area (Å²) in [5.74, 6) is 0.333. The van der Waals surface area contributed by atoms with Crippen molar-refractivity contribution in [1.29, 1.82) is 0 Å². The van der Waals surface area contributed by atoms with Crippen LogP contribution in [0.15, 0.2) is 60.7 Å². The Bertz CT molecular complexity index is 1030. The molecule has 0 unspecified atom stereocenters. The predicted octanol–water partition coefficient (Wildman–Crippen LogP) is 4.85. The minimum absolute atomic E-state index is 0.113. The lowest BCUT2D eigenvalue weighted by Gasteiger charge is -2.37. The Hall–Kier alpha value is -2.59. The second kappa shape index (κ2) is 8.27. The quantitative estimate of drug-likeness (QED) is 0.678. The Balaban J connectivity index is 1.50. The summed E-state index contributed by atoms with van der Waals surface area (Å²) in [7, 11) is 0. The fourth-order valence-electron chi connectivity index (χ4n) is 5.55. The van der Waals surface area contributed by atoms with Crippen LogP contribution in [0.25, 0.3) is 10.9 Å². The van der Waals surface area contributed by atoms with Gasteiger partial charge in [0.2, 0.25) is 0 Å². The molecule has 1 saturated heterocycles. The van der Waals surface area contributed by atoms with Crippen molar-refractivity contribution in [2.24, 2.45) is 5.92 Å². The molecule has 1 aliphatic carbocycles. The molecule has 5 rings (SSSR count). The zero-order valence-electron chi connectivity index (χ0n) is 17.4. The van der Waals surface area contributed by atoms with Crippen molar-refractivity contribution in [2.75, 3.05) is 6.54 Å². The smallest absolute Gasteiger partial charge is 0.270 e. The van der Waals surface area contributed by atoms with Crippen molar-refractivity contribution < 1.29 is 9.90 Å². The van der Waals surface area contributed by atoms with Crippen LogP contribution in [0.3, 0.4) is 0 Å². The van der Waals surface area contributed by atoms with Gasteiger partial charge < -0.3 is 14.6 Å².